The molecule has 0 amide bonds. The molecule has 0 aliphatic heterocycles. The molecule has 5 heteroatoms. The van der Waals surface area contributed by atoms with Gasteiger partial charge >= 0.3 is 0 Å². The maximum Gasteiger partial charge on any atom is 0.141 e. The molecule has 0 unspecified atom stereocenters. The molecule has 0 radical (unpaired) electrons. The number of aryl methyl sites for hydroxylation is 1. The largest absolute Gasteiger partial charge is 0.464 e. The van der Waals surface area contributed by atoms with Gasteiger partial charge in [-0.25, -0.2) is 9.37 Å². The third-order valence-corrected chi connectivity index (χ3v) is 3.16. The fourth-order valence-corrected chi connectivity index (χ4v) is 2.14. The fraction of sp³-hybridized carbons (Fsp3) is 0.438. The summed E-state index contributed by atoms with van der Waals surface area (Å²) in [6.07, 6.45) is 1.25. The molecule has 0 aromatic carbocycles. The number of hydrogen-bond donors (Lipinski definition) is 1. The molecule has 1 N–H and O–H groups in total. The number of rotatable bonds is 6. The summed E-state index contributed by atoms with van der Waals surface area (Å²) in [6.45, 7) is 7.21. The van der Waals surface area contributed by atoms with Crippen molar-refractivity contribution in [1.82, 2.24) is 10.3 Å². The lowest BCUT2D eigenvalue weighted by atomic mass is 10.2. The number of pyridine rings is 1. The summed E-state index contributed by atoms with van der Waals surface area (Å²) < 4.78 is 19.0. The summed E-state index contributed by atoms with van der Waals surface area (Å²) in [5, 5.41) is 3.30. The summed E-state index contributed by atoms with van der Waals surface area (Å²) in [5.74, 6) is 2.19. The van der Waals surface area contributed by atoms with E-state index in [1.54, 1.807) is 0 Å². The second-order valence-electron chi connectivity index (χ2n) is 5.54. The Morgan fingerprint density at radius 3 is 2.76 bits per heavy atom. The second kappa shape index (κ2) is 6.72. The maximum atomic E-state index is 13.4. The molecule has 2 aromatic rings. The van der Waals surface area contributed by atoms with Crippen molar-refractivity contribution in [3.8, 4) is 0 Å². The number of hydrogen-bond acceptors (Lipinski definition) is 4. The van der Waals surface area contributed by atoms with E-state index >= 15 is 0 Å². The molecule has 21 heavy (non-hydrogen) atoms. The van der Waals surface area contributed by atoms with Crippen LogP contribution >= 0.6 is 0 Å². The van der Waals surface area contributed by atoms with Crippen molar-refractivity contribution >= 4 is 5.82 Å². The molecule has 114 valence electrons. The number of aromatic nitrogens is 1. The first-order chi connectivity index (χ1) is 9.95. The average Bonchev–Trinajstić information content (AvgIpc) is 2.81. The molecule has 0 bridgehead atoms. The van der Waals surface area contributed by atoms with E-state index in [9.17, 15) is 4.39 Å². The molecule has 0 fully saturated rings. The lowest BCUT2D eigenvalue weighted by Gasteiger charge is -2.21. The average molecular weight is 291 g/mol. The lowest BCUT2D eigenvalue weighted by molar-refractivity contribution is 0.480. The van der Waals surface area contributed by atoms with Crippen molar-refractivity contribution < 1.29 is 8.81 Å². The van der Waals surface area contributed by atoms with E-state index in [0.717, 1.165) is 22.9 Å². The molecule has 0 aliphatic carbocycles. The number of nitrogens with one attached hydrogen (secondary N) is 1. The van der Waals surface area contributed by atoms with Gasteiger partial charge in [0.05, 0.1) is 12.7 Å². The van der Waals surface area contributed by atoms with Crippen molar-refractivity contribution in [2.45, 2.75) is 39.9 Å². The topological polar surface area (TPSA) is 41.3 Å². The molecule has 0 saturated heterocycles. The number of anilines is 1. The van der Waals surface area contributed by atoms with Gasteiger partial charge in [0.15, 0.2) is 0 Å². The summed E-state index contributed by atoms with van der Waals surface area (Å²) >= 11 is 0. The predicted octanol–water partition coefficient (Wildman–Crippen LogP) is 3.26. The molecular weight excluding hydrogens is 269 g/mol. The van der Waals surface area contributed by atoms with Gasteiger partial charge in [-0.2, -0.15) is 0 Å². The van der Waals surface area contributed by atoms with Gasteiger partial charge in [-0.15, -0.1) is 0 Å². The second-order valence-corrected chi connectivity index (χ2v) is 5.54. The Labute approximate surface area is 125 Å². The highest BCUT2D eigenvalue weighted by atomic mass is 19.1. The van der Waals surface area contributed by atoms with Gasteiger partial charge in [0.1, 0.15) is 23.2 Å². The zero-order valence-corrected chi connectivity index (χ0v) is 13.0. The van der Waals surface area contributed by atoms with Gasteiger partial charge in [0.25, 0.3) is 0 Å². The zero-order chi connectivity index (χ0) is 15.4. The quantitative estimate of drug-likeness (QED) is 0.887. The van der Waals surface area contributed by atoms with E-state index in [2.05, 4.69) is 24.1 Å². The Morgan fingerprint density at radius 2 is 2.14 bits per heavy atom. The van der Waals surface area contributed by atoms with Crippen LogP contribution in [0.15, 0.2) is 28.8 Å². The number of furan rings is 1. The van der Waals surface area contributed by atoms with E-state index in [0.29, 0.717) is 19.1 Å². The first-order valence-electron chi connectivity index (χ1n) is 7.10. The van der Waals surface area contributed by atoms with Crippen LogP contribution < -0.4 is 10.2 Å². The van der Waals surface area contributed by atoms with Crippen LogP contribution in [0, 0.1) is 12.7 Å². The van der Waals surface area contributed by atoms with E-state index in [1.165, 1.54) is 12.3 Å². The maximum absolute atomic E-state index is 13.4. The van der Waals surface area contributed by atoms with Gasteiger partial charge in [-0.1, -0.05) is 13.8 Å². The van der Waals surface area contributed by atoms with Gasteiger partial charge in [0.2, 0.25) is 0 Å². The Morgan fingerprint density at radius 1 is 1.38 bits per heavy atom. The monoisotopic (exact) mass is 291 g/mol. The summed E-state index contributed by atoms with van der Waals surface area (Å²) in [5.41, 5.74) is 0.842. The highest BCUT2D eigenvalue weighted by Gasteiger charge is 2.12. The number of nitrogens with zero attached hydrogens (tertiary/aromatic N) is 2. The molecule has 2 aromatic heterocycles. The predicted molar refractivity (Wildman–Crippen MR) is 81.7 cm³/mol. The Balaban J connectivity index is 2.16. The zero-order valence-electron chi connectivity index (χ0n) is 13.0. The van der Waals surface area contributed by atoms with Crippen LogP contribution in [-0.4, -0.2) is 18.1 Å². The Kier molecular flexibility index (Phi) is 4.96. The lowest BCUT2D eigenvalue weighted by Crippen LogP contribution is -2.25. The van der Waals surface area contributed by atoms with Crippen molar-refractivity contribution in [2.75, 3.05) is 11.9 Å². The highest BCUT2D eigenvalue weighted by molar-refractivity contribution is 5.46. The Hall–Kier alpha value is -1.88. The third-order valence-electron chi connectivity index (χ3n) is 3.16. The van der Waals surface area contributed by atoms with E-state index in [-0.39, 0.29) is 5.82 Å². The molecule has 4 nitrogen and oxygen atoms in total. The van der Waals surface area contributed by atoms with Crippen LogP contribution in [0.2, 0.25) is 0 Å². The Bertz CT molecular complexity index is 595. The molecule has 0 spiro atoms. The smallest absolute Gasteiger partial charge is 0.141 e. The minimum Gasteiger partial charge on any atom is -0.464 e. The van der Waals surface area contributed by atoms with Crippen LogP contribution in [0.4, 0.5) is 10.2 Å². The van der Waals surface area contributed by atoms with Crippen LogP contribution in [0.25, 0.3) is 0 Å². The summed E-state index contributed by atoms with van der Waals surface area (Å²) in [7, 11) is 1.93. The summed E-state index contributed by atoms with van der Waals surface area (Å²) in [4.78, 5) is 6.20. The molecule has 0 aliphatic rings. The highest BCUT2D eigenvalue weighted by Crippen LogP contribution is 2.20. The fourth-order valence-electron chi connectivity index (χ4n) is 2.14. The van der Waals surface area contributed by atoms with E-state index < -0.39 is 0 Å². The van der Waals surface area contributed by atoms with Gasteiger partial charge in [-0.3, -0.25) is 0 Å². The van der Waals surface area contributed by atoms with Gasteiger partial charge < -0.3 is 14.6 Å². The van der Waals surface area contributed by atoms with E-state index in [1.807, 2.05) is 31.0 Å². The molecule has 0 atom stereocenters. The third kappa shape index (κ3) is 4.29. The SMILES string of the molecule is Cc1ccc(CN(C)c2ncc(F)cc2CNC(C)C)o1. The van der Waals surface area contributed by atoms with Gasteiger partial charge in [-0.05, 0) is 25.1 Å². The minimum atomic E-state index is -0.318. The minimum absolute atomic E-state index is 0.318. The normalized spacial score (nSPS) is 11.1. The molecule has 2 heterocycles. The van der Waals surface area contributed by atoms with Crippen LogP contribution in [0.1, 0.15) is 30.9 Å². The first kappa shape index (κ1) is 15.5. The molecule has 0 saturated carbocycles. The van der Waals surface area contributed by atoms with Crippen LogP contribution in [-0.2, 0) is 13.1 Å². The van der Waals surface area contributed by atoms with Crippen molar-refractivity contribution in [3.05, 3.63) is 47.3 Å². The van der Waals surface area contributed by atoms with Crippen molar-refractivity contribution in [1.29, 1.82) is 0 Å². The van der Waals surface area contributed by atoms with E-state index in [4.69, 9.17) is 4.42 Å². The standard InChI is InChI=1S/C16H22FN3O/c1-11(2)18-8-13-7-14(17)9-19-16(13)20(4)10-15-6-5-12(3)21-15/h5-7,9,11,18H,8,10H2,1-4H3. The first-order valence-corrected chi connectivity index (χ1v) is 7.10. The molecular formula is C16H22FN3O. The molecule has 2 rings (SSSR count). The van der Waals surface area contributed by atoms with Crippen LogP contribution in [0.3, 0.4) is 0 Å². The van der Waals surface area contributed by atoms with Crippen LogP contribution in [0.5, 0.6) is 0 Å². The summed E-state index contributed by atoms with van der Waals surface area (Å²) in [6, 6.07) is 5.74. The number of halogens is 1. The van der Waals surface area contributed by atoms with Gasteiger partial charge in [0, 0.05) is 25.2 Å². The van der Waals surface area contributed by atoms with Crippen molar-refractivity contribution in [3.63, 3.8) is 0 Å². The van der Waals surface area contributed by atoms with Crippen molar-refractivity contribution in [2.24, 2.45) is 0 Å².